The molecule has 0 aromatic heterocycles. The highest BCUT2D eigenvalue weighted by atomic mass is 16.7. The van der Waals surface area contributed by atoms with Crippen molar-refractivity contribution in [2.75, 3.05) is 6.61 Å². The Labute approximate surface area is 77.8 Å². The highest BCUT2D eigenvalue weighted by Gasteiger charge is 2.11. The summed E-state index contributed by atoms with van der Waals surface area (Å²) in [7, 11) is 0. The lowest BCUT2D eigenvalue weighted by molar-refractivity contribution is -0.102. The van der Waals surface area contributed by atoms with E-state index in [0.29, 0.717) is 0 Å². The lowest BCUT2D eigenvalue weighted by atomic mass is 10.2. The van der Waals surface area contributed by atoms with E-state index in [0.717, 1.165) is 18.6 Å². The third-order valence-electron chi connectivity index (χ3n) is 1.92. The predicted molar refractivity (Wildman–Crippen MR) is 50.0 cm³/mol. The molecule has 0 spiro atoms. The van der Waals surface area contributed by atoms with E-state index < -0.39 is 0 Å². The molecule has 2 rings (SSSR count). The van der Waals surface area contributed by atoms with Crippen LogP contribution in [0.4, 0.5) is 0 Å². The molecule has 0 aliphatic carbocycles. The first-order valence-electron chi connectivity index (χ1n) is 4.44. The lowest BCUT2D eigenvalue weighted by Gasteiger charge is -2.14. The minimum absolute atomic E-state index is 0.236. The molecule has 1 unspecified atom stereocenters. The SMILES string of the molecule is C1=COC(c2ccccc2)OCC1. The van der Waals surface area contributed by atoms with Crippen LogP contribution in [0.25, 0.3) is 0 Å². The zero-order chi connectivity index (χ0) is 8.93. The predicted octanol–water partition coefficient (Wildman–Crippen LogP) is 2.64. The summed E-state index contributed by atoms with van der Waals surface area (Å²) in [5.41, 5.74) is 1.06. The topological polar surface area (TPSA) is 18.5 Å². The first-order chi connectivity index (χ1) is 6.47. The van der Waals surface area contributed by atoms with Crippen LogP contribution in [0.1, 0.15) is 18.3 Å². The third kappa shape index (κ3) is 2.10. The van der Waals surface area contributed by atoms with Crippen molar-refractivity contribution < 1.29 is 9.47 Å². The number of ether oxygens (including phenoxy) is 2. The first kappa shape index (κ1) is 8.32. The van der Waals surface area contributed by atoms with E-state index in [2.05, 4.69) is 0 Å². The van der Waals surface area contributed by atoms with Crippen LogP contribution in [0.3, 0.4) is 0 Å². The largest absolute Gasteiger partial charge is 0.469 e. The standard InChI is InChI=1S/C11H12O2/c1-2-6-10(7-3-1)11-12-8-4-5-9-13-11/h1-4,6-8,11H,5,9H2. The van der Waals surface area contributed by atoms with Crippen LogP contribution in [0.15, 0.2) is 42.7 Å². The molecule has 0 radical (unpaired) electrons. The molecule has 1 aromatic rings. The molecule has 0 N–H and O–H groups in total. The van der Waals surface area contributed by atoms with Crippen molar-refractivity contribution in [2.45, 2.75) is 12.7 Å². The van der Waals surface area contributed by atoms with Gasteiger partial charge in [-0.05, 0) is 12.5 Å². The molecule has 13 heavy (non-hydrogen) atoms. The maximum absolute atomic E-state index is 5.50. The zero-order valence-electron chi connectivity index (χ0n) is 7.35. The van der Waals surface area contributed by atoms with Crippen LogP contribution in [0.2, 0.25) is 0 Å². The van der Waals surface area contributed by atoms with Gasteiger partial charge < -0.3 is 9.47 Å². The second-order valence-corrected chi connectivity index (χ2v) is 2.91. The van der Waals surface area contributed by atoms with Crippen molar-refractivity contribution in [1.82, 2.24) is 0 Å². The Kier molecular flexibility index (Phi) is 2.62. The Bertz CT molecular complexity index is 279. The van der Waals surface area contributed by atoms with E-state index in [4.69, 9.17) is 9.47 Å². The quantitative estimate of drug-likeness (QED) is 0.654. The number of benzene rings is 1. The van der Waals surface area contributed by atoms with Crippen molar-refractivity contribution in [3.63, 3.8) is 0 Å². The summed E-state index contributed by atoms with van der Waals surface area (Å²) in [5.74, 6) is 0. The van der Waals surface area contributed by atoms with Gasteiger partial charge in [-0.3, -0.25) is 0 Å². The average molecular weight is 176 g/mol. The van der Waals surface area contributed by atoms with Crippen molar-refractivity contribution >= 4 is 0 Å². The van der Waals surface area contributed by atoms with Gasteiger partial charge in [-0.25, -0.2) is 0 Å². The summed E-state index contributed by atoms with van der Waals surface area (Å²) >= 11 is 0. The Morgan fingerprint density at radius 2 is 2.00 bits per heavy atom. The van der Waals surface area contributed by atoms with Crippen LogP contribution in [-0.2, 0) is 9.47 Å². The van der Waals surface area contributed by atoms with Gasteiger partial charge in [-0.2, -0.15) is 0 Å². The molecule has 1 aliphatic rings. The van der Waals surface area contributed by atoms with Crippen LogP contribution in [0, 0.1) is 0 Å². The Morgan fingerprint density at radius 1 is 1.15 bits per heavy atom. The fraction of sp³-hybridized carbons (Fsp3) is 0.273. The second kappa shape index (κ2) is 4.10. The summed E-state index contributed by atoms with van der Waals surface area (Å²) in [6.45, 7) is 0.718. The Morgan fingerprint density at radius 3 is 2.85 bits per heavy atom. The summed E-state index contributed by atoms with van der Waals surface area (Å²) in [5, 5.41) is 0. The maximum atomic E-state index is 5.50. The monoisotopic (exact) mass is 176 g/mol. The van der Waals surface area contributed by atoms with E-state index in [-0.39, 0.29) is 6.29 Å². The van der Waals surface area contributed by atoms with E-state index in [1.54, 1.807) is 6.26 Å². The molecule has 2 nitrogen and oxygen atoms in total. The van der Waals surface area contributed by atoms with Gasteiger partial charge in [-0.15, -0.1) is 0 Å². The van der Waals surface area contributed by atoms with Crippen LogP contribution in [0.5, 0.6) is 0 Å². The van der Waals surface area contributed by atoms with E-state index in [1.807, 2.05) is 36.4 Å². The van der Waals surface area contributed by atoms with Crippen molar-refractivity contribution in [3.8, 4) is 0 Å². The molecule has 1 aromatic carbocycles. The van der Waals surface area contributed by atoms with Crippen molar-refractivity contribution in [1.29, 1.82) is 0 Å². The number of hydrogen-bond donors (Lipinski definition) is 0. The molecule has 0 bridgehead atoms. The fourth-order valence-electron chi connectivity index (χ4n) is 1.26. The van der Waals surface area contributed by atoms with Gasteiger partial charge in [0.25, 0.3) is 0 Å². The first-order valence-corrected chi connectivity index (χ1v) is 4.44. The molecule has 1 aliphatic heterocycles. The van der Waals surface area contributed by atoms with Gasteiger partial charge in [0.2, 0.25) is 6.29 Å². The summed E-state index contributed by atoms with van der Waals surface area (Å²) in [4.78, 5) is 0. The molecule has 68 valence electrons. The highest BCUT2D eigenvalue weighted by Crippen LogP contribution is 2.20. The Hall–Kier alpha value is -1.28. The Balaban J connectivity index is 2.12. The summed E-state index contributed by atoms with van der Waals surface area (Å²) in [6.07, 6.45) is 4.37. The van der Waals surface area contributed by atoms with E-state index in [9.17, 15) is 0 Å². The summed E-state index contributed by atoms with van der Waals surface area (Å²) < 4.78 is 10.9. The number of hydrogen-bond acceptors (Lipinski definition) is 2. The molecular weight excluding hydrogens is 164 g/mol. The van der Waals surface area contributed by atoms with Gasteiger partial charge in [0.05, 0.1) is 12.9 Å². The van der Waals surface area contributed by atoms with Gasteiger partial charge in [-0.1, -0.05) is 30.3 Å². The van der Waals surface area contributed by atoms with Gasteiger partial charge in [0.15, 0.2) is 0 Å². The summed E-state index contributed by atoms with van der Waals surface area (Å²) in [6, 6.07) is 9.96. The molecule has 1 heterocycles. The van der Waals surface area contributed by atoms with E-state index in [1.165, 1.54) is 0 Å². The van der Waals surface area contributed by atoms with Gasteiger partial charge in [0.1, 0.15) is 0 Å². The minimum atomic E-state index is -0.236. The molecule has 0 amide bonds. The lowest BCUT2D eigenvalue weighted by Crippen LogP contribution is -2.04. The molecule has 0 saturated carbocycles. The van der Waals surface area contributed by atoms with Crippen LogP contribution < -0.4 is 0 Å². The molecule has 0 saturated heterocycles. The molecule has 2 heteroatoms. The molecular formula is C11H12O2. The zero-order valence-corrected chi connectivity index (χ0v) is 7.35. The average Bonchev–Trinajstić information content (AvgIpc) is 2.47. The van der Waals surface area contributed by atoms with Crippen LogP contribution in [-0.4, -0.2) is 6.61 Å². The molecule has 1 atom stereocenters. The van der Waals surface area contributed by atoms with Gasteiger partial charge in [0, 0.05) is 5.56 Å². The number of rotatable bonds is 1. The van der Waals surface area contributed by atoms with E-state index >= 15 is 0 Å². The highest BCUT2D eigenvalue weighted by molar-refractivity contribution is 5.16. The van der Waals surface area contributed by atoms with Crippen molar-refractivity contribution in [2.24, 2.45) is 0 Å². The fourth-order valence-corrected chi connectivity index (χ4v) is 1.26. The second-order valence-electron chi connectivity index (χ2n) is 2.91. The smallest absolute Gasteiger partial charge is 0.225 e. The third-order valence-corrected chi connectivity index (χ3v) is 1.92. The molecule has 0 fully saturated rings. The van der Waals surface area contributed by atoms with Crippen LogP contribution >= 0.6 is 0 Å². The maximum Gasteiger partial charge on any atom is 0.225 e. The normalized spacial score (nSPS) is 22.0. The van der Waals surface area contributed by atoms with Gasteiger partial charge >= 0.3 is 0 Å². The van der Waals surface area contributed by atoms with Crippen molar-refractivity contribution in [3.05, 3.63) is 48.2 Å². The minimum Gasteiger partial charge on any atom is -0.469 e.